The first-order valence-electron chi connectivity index (χ1n) is 10.4. The summed E-state index contributed by atoms with van der Waals surface area (Å²) in [6.07, 6.45) is 3.04. The average molecular weight is 434 g/mol. The van der Waals surface area contributed by atoms with Crippen LogP contribution in [0.25, 0.3) is 11.4 Å². The van der Waals surface area contributed by atoms with E-state index in [-0.39, 0.29) is 11.2 Å². The van der Waals surface area contributed by atoms with E-state index in [9.17, 15) is 4.79 Å². The van der Waals surface area contributed by atoms with Gasteiger partial charge in [-0.3, -0.25) is 4.79 Å². The Bertz CT molecular complexity index is 1120. The van der Waals surface area contributed by atoms with Gasteiger partial charge in [0.1, 0.15) is 0 Å². The maximum Gasteiger partial charge on any atom is 0.210 e. The van der Waals surface area contributed by atoms with Gasteiger partial charge < -0.3 is 10.7 Å². The zero-order chi connectivity index (χ0) is 22.0. The minimum atomic E-state index is -0.181. The van der Waals surface area contributed by atoms with Crippen molar-refractivity contribution in [3.8, 4) is 11.4 Å². The zero-order valence-corrected chi connectivity index (χ0v) is 18.9. The van der Waals surface area contributed by atoms with Gasteiger partial charge in [-0.05, 0) is 18.1 Å². The van der Waals surface area contributed by atoms with E-state index in [1.165, 1.54) is 27.7 Å². The predicted octanol–water partition coefficient (Wildman–Crippen LogP) is 4.41. The van der Waals surface area contributed by atoms with Gasteiger partial charge in [0, 0.05) is 47.7 Å². The number of nitrogens with zero attached hydrogens (tertiary/aromatic N) is 4. The van der Waals surface area contributed by atoms with Gasteiger partial charge in [-0.1, -0.05) is 74.1 Å². The molecule has 0 atom stereocenters. The lowest BCUT2D eigenvalue weighted by atomic mass is 9.83. The third kappa shape index (κ3) is 4.10. The second-order valence-electron chi connectivity index (χ2n) is 8.19. The molecule has 0 fully saturated rings. The Morgan fingerprint density at radius 3 is 2.55 bits per heavy atom. The van der Waals surface area contributed by atoms with Crippen LogP contribution in [-0.4, -0.2) is 33.5 Å². The summed E-state index contributed by atoms with van der Waals surface area (Å²) < 4.78 is 1.51. The lowest BCUT2D eigenvalue weighted by Gasteiger charge is -2.23. The fourth-order valence-electron chi connectivity index (χ4n) is 4.05. The van der Waals surface area contributed by atoms with Crippen molar-refractivity contribution in [3.63, 3.8) is 0 Å². The second-order valence-corrected chi connectivity index (χ2v) is 9.25. The Kier molecular flexibility index (Phi) is 5.87. The first-order valence-corrected chi connectivity index (χ1v) is 11.3. The number of rotatable bonds is 7. The third-order valence-electron chi connectivity index (χ3n) is 5.73. The second kappa shape index (κ2) is 8.59. The van der Waals surface area contributed by atoms with Crippen molar-refractivity contribution in [1.82, 2.24) is 14.9 Å². The van der Waals surface area contributed by atoms with Gasteiger partial charge >= 0.3 is 0 Å². The number of aromatic nitrogens is 3. The van der Waals surface area contributed by atoms with Gasteiger partial charge in [0.15, 0.2) is 11.6 Å². The number of allylic oxidation sites excluding steroid dienone is 2. The van der Waals surface area contributed by atoms with Crippen molar-refractivity contribution in [2.45, 2.75) is 37.3 Å². The van der Waals surface area contributed by atoms with Gasteiger partial charge in [0.25, 0.3) is 0 Å². The van der Waals surface area contributed by atoms with Crippen molar-refractivity contribution < 1.29 is 4.79 Å². The van der Waals surface area contributed by atoms with Crippen molar-refractivity contribution in [2.24, 2.45) is 0 Å². The number of carbonyl (C=O) groups is 1. The molecule has 2 aromatic carbocycles. The molecule has 31 heavy (non-hydrogen) atoms. The Morgan fingerprint density at radius 1 is 1.10 bits per heavy atom. The number of carbonyl (C=O) groups excluding carboxylic acids is 1. The van der Waals surface area contributed by atoms with Crippen molar-refractivity contribution in [1.29, 1.82) is 0 Å². The molecule has 0 bridgehead atoms. The molecule has 0 unspecified atom stereocenters. The number of likely N-dealkylation sites (N-methyl/N-ethyl adjacent to an activating group) is 1. The molecule has 0 spiro atoms. The first kappa shape index (κ1) is 21.2. The molecule has 0 aliphatic carbocycles. The van der Waals surface area contributed by atoms with E-state index < -0.39 is 0 Å². The zero-order valence-electron chi connectivity index (χ0n) is 18.1. The molecule has 1 aliphatic heterocycles. The summed E-state index contributed by atoms with van der Waals surface area (Å²) in [5.74, 6) is 7.69. The maximum atomic E-state index is 12.7. The fraction of sp³-hybridized carbons (Fsp3) is 0.292. The quantitative estimate of drug-likeness (QED) is 0.257. The lowest BCUT2D eigenvalue weighted by molar-refractivity contribution is -0.114. The smallest absolute Gasteiger partial charge is 0.210 e. The molecule has 0 saturated carbocycles. The summed E-state index contributed by atoms with van der Waals surface area (Å²) in [6, 6.07) is 18.1. The molecular formula is C24H27N5OS. The number of hydrogen-bond donors (Lipinski definition) is 1. The van der Waals surface area contributed by atoms with Crippen LogP contribution >= 0.6 is 11.8 Å². The Balaban J connectivity index is 1.34. The number of ketones is 1. The van der Waals surface area contributed by atoms with Crippen LogP contribution in [-0.2, 0) is 10.2 Å². The van der Waals surface area contributed by atoms with E-state index in [4.69, 9.17) is 5.84 Å². The summed E-state index contributed by atoms with van der Waals surface area (Å²) in [5.41, 5.74) is 4.21. The summed E-state index contributed by atoms with van der Waals surface area (Å²) in [5, 5.41) is 9.04. The van der Waals surface area contributed by atoms with Crippen LogP contribution in [0.1, 0.15) is 32.3 Å². The lowest BCUT2D eigenvalue weighted by Crippen LogP contribution is -2.24. The SMILES string of the molecule is CN1/C(=C\C(=O)CCCSc2nnc(-c3ccccc3)n2N)C(C)(C)c2ccccc21. The van der Waals surface area contributed by atoms with Gasteiger partial charge in [0.2, 0.25) is 5.16 Å². The van der Waals surface area contributed by atoms with Crippen LogP contribution in [0.15, 0.2) is 71.5 Å². The minimum absolute atomic E-state index is 0.141. The van der Waals surface area contributed by atoms with Crippen molar-refractivity contribution in [3.05, 3.63) is 71.9 Å². The predicted molar refractivity (Wildman–Crippen MR) is 127 cm³/mol. The molecule has 1 aromatic heterocycles. The van der Waals surface area contributed by atoms with E-state index in [1.54, 1.807) is 0 Å². The van der Waals surface area contributed by atoms with Crippen molar-refractivity contribution in [2.75, 3.05) is 23.5 Å². The van der Waals surface area contributed by atoms with Gasteiger partial charge in [-0.15, -0.1) is 10.2 Å². The normalized spacial score (nSPS) is 16.0. The van der Waals surface area contributed by atoms with E-state index in [2.05, 4.69) is 47.1 Å². The standard InChI is InChI=1S/C24H27N5OS/c1-24(2)19-13-7-8-14-20(19)28(3)21(24)16-18(30)12-9-15-31-23-27-26-22(29(23)25)17-10-5-4-6-11-17/h4-8,10-11,13-14,16H,9,12,15,25H2,1-3H3/b21-16-. The highest BCUT2D eigenvalue weighted by Crippen LogP contribution is 2.46. The molecule has 7 heteroatoms. The van der Waals surface area contributed by atoms with Crippen molar-refractivity contribution >= 4 is 23.2 Å². The maximum absolute atomic E-state index is 12.7. The summed E-state index contributed by atoms with van der Waals surface area (Å²) in [7, 11) is 2.03. The Labute approximate surface area is 187 Å². The van der Waals surface area contributed by atoms with Crippen LogP contribution < -0.4 is 10.7 Å². The molecule has 0 radical (unpaired) electrons. The van der Waals surface area contributed by atoms with E-state index in [0.717, 1.165) is 23.4 Å². The van der Waals surface area contributed by atoms with E-state index in [1.807, 2.05) is 49.5 Å². The molecule has 3 aromatic rings. The molecule has 6 nitrogen and oxygen atoms in total. The molecule has 0 saturated heterocycles. The van der Waals surface area contributed by atoms with Crippen LogP contribution in [0.3, 0.4) is 0 Å². The molecule has 2 heterocycles. The highest BCUT2D eigenvalue weighted by Gasteiger charge is 2.38. The number of anilines is 1. The molecule has 160 valence electrons. The molecular weight excluding hydrogens is 406 g/mol. The minimum Gasteiger partial charge on any atom is -0.347 e. The molecule has 4 rings (SSSR count). The average Bonchev–Trinajstić information content (AvgIpc) is 3.23. The highest BCUT2D eigenvalue weighted by atomic mass is 32.2. The number of fused-ring (bicyclic) bond motifs is 1. The van der Waals surface area contributed by atoms with Crippen LogP contribution in [0.2, 0.25) is 0 Å². The number of para-hydroxylation sites is 1. The van der Waals surface area contributed by atoms with Crippen LogP contribution in [0.4, 0.5) is 5.69 Å². The monoisotopic (exact) mass is 433 g/mol. The molecule has 0 amide bonds. The fourth-order valence-corrected chi connectivity index (χ4v) is 4.85. The summed E-state index contributed by atoms with van der Waals surface area (Å²) in [4.78, 5) is 14.8. The Hall–Kier alpha value is -3.06. The van der Waals surface area contributed by atoms with Gasteiger partial charge in [-0.25, -0.2) is 4.68 Å². The highest BCUT2D eigenvalue weighted by molar-refractivity contribution is 7.99. The van der Waals surface area contributed by atoms with E-state index >= 15 is 0 Å². The third-order valence-corrected chi connectivity index (χ3v) is 6.76. The number of hydrogen-bond acceptors (Lipinski definition) is 6. The Morgan fingerprint density at radius 2 is 1.81 bits per heavy atom. The van der Waals surface area contributed by atoms with E-state index in [0.29, 0.717) is 17.4 Å². The summed E-state index contributed by atoms with van der Waals surface area (Å²) in [6.45, 7) is 4.34. The van der Waals surface area contributed by atoms with Gasteiger partial charge in [-0.2, -0.15) is 0 Å². The van der Waals surface area contributed by atoms with Crippen LogP contribution in [0.5, 0.6) is 0 Å². The van der Waals surface area contributed by atoms with Gasteiger partial charge in [0.05, 0.1) is 0 Å². The summed E-state index contributed by atoms with van der Waals surface area (Å²) >= 11 is 1.52. The molecule has 2 N–H and O–H groups in total. The number of nitrogens with two attached hydrogens (primary N) is 1. The topological polar surface area (TPSA) is 77.0 Å². The molecule has 1 aliphatic rings. The van der Waals surface area contributed by atoms with Crippen LogP contribution in [0, 0.1) is 0 Å². The first-order chi connectivity index (χ1) is 14.9. The number of nitrogen functional groups attached to an aromatic ring is 1. The number of benzene rings is 2. The number of thioether (sulfide) groups is 1. The largest absolute Gasteiger partial charge is 0.347 e.